The fraction of sp³-hybridized carbons (Fsp3) is 0.217. The number of hydrogen-bond acceptors (Lipinski definition) is 6. The highest BCUT2D eigenvalue weighted by molar-refractivity contribution is 5.57. The summed E-state index contributed by atoms with van der Waals surface area (Å²) in [6.45, 7) is 0. The van der Waals surface area contributed by atoms with Gasteiger partial charge < -0.3 is 29.8 Å². The molecule has 0 aromatic heterocycles. The SMILES string of the molecule is CN(C)c1ccc(C(O)(c2ccccc2)c2ccc(N(C)C)cc2)cc1.CN(C)c1ccc(C(O)(c2ccccc2)c2ccc(N(C)C)cc2)cc1. The Balaban J connectivity index is 0.000000201. The maximum Gasteiger partial charge on any atom is 0.140 e. The van der Waals surface area contributed by atoms with Crippen LogP contribution in [0, 0.1) is 0 Å². The van der Waals surface area contributed by atoms with E-state index in [1.54, 1.807) is 0 Å². The van der Waals surface area contributed by atoms with Crippen molar-refractivity contribution in [3.63, 3.8) is 0 Å². The summed E-state index contributed by atoms with van der Waals surface area (Å²) in [6.07, 6.45) is 0. The summed E-state index contributed by atoms with van der Waals surface area (Å²) in [6, 6.07) is 52.0. The Bertz CT molecular complexity index is 1720. The molecule has 6 heteroatoms. The lowest BCUT2D eigenvalue weighted by atomic mass is 9.80. The van der Waals surface area contributed by atoms with E-state index in [-0.39, 0.29) is 0 Å². The molecular weight excluding hydrogens is 641 g/mol. The van der Waals surface area contributed by atoms with Gasteiger partial charge in [-0.05, 0) is 81.9 Å². The monoisotopic (exact) mass is 692 g/mol. The molecular formula is C46H52N4O2. The van der Waals surface area contributed by atoms with Gasteiger partial charge in [0.25, 0.3) is 0 Å². The second-order valence-electron chi connectivity index (χ2n) is 13.9. The number of benzene rings is 6. The molecule has 0 heterocycles. The standard InChI is InChI=1S/2C23H26N2O/c2*1-24(2)21-14-10-19(11-15-21)23(26,18-8-6-5-7-9-18)20-12-16-22(17-13-20)25(3)4/h2*5-17,26H,1-4H3. The van der Waals surface area contributed by atoms with E-state index in [9.17, 15) is 10.2 Å². The molecule has 0 radical (unpaired) electrons. The summed E-state index contributed by atoms with van der Waals surface area (Å²) in [5.74, 6) is 0. The van der Waals surface area contributed by atoms with Crippen molar-refractivity contribution in [2.24, 2.45) is 0 Å². The molecule has 52 heavy (non-hydrogen) atoms. The molecule has 0 fully saturated rings. The van der Waals surface area contributed by atoms with Gasteiger partial charge in [-0.3, -0.25) is 0 Å². The Morgan fingerprint density at radius 3 is 0.615 bits per heavy atom. The molecule has 6 rings (SSSR count). The molecule has 6 aromatic carbocycles. The smallest absolute Gasteiger partial charge is 0.140 e. The van der Waals surface area contributed by atoms with E-state index in [4.69, 9.17) is 0 Å². The van der Waals surface area contributed by atoms with Crippen LogP contribution in [0.2, 0.25) is 0 Å². The van der Waals surface area contributed by atoms with E-state index < -0.39 is 11.2 Å². The zero-order chi connectivity index (χ0) is 37.5. The normalized spacial score (nSPS) is 11.3. The molecule has 0 atom stereocenters. The lowest BCUT2D eigenvalue weighted by molar-refractivity contribution is 0.125. The van der Waals surface area contributed by atoms with Crippen molar-refractivity contribution in [2.45, 2.75) is 11.2 Å². The maximum atomic E-state index is 11.9. The van der Waals surface area contributed by atoms with E-state index in [0.717, 1.165) is 56.1 Å². The van der Waals surface area contributed by atoms with Gasteiger partial charge in [0, 0.05) is 79.1 Å². The minimum Gasteiger partial charge on any atom is -0.378 e. The van der Waals surface area contributed by atoms with Crippen molar-refractivity contribution in [1.82, 2.24) is 0 Å². The molecule has 0 saturated heterocycles. The van der Waals surface area contributed by atoms with Crippen molar-refractivity contribution in [3.05, 3.63) is 191 Å². The summed E-state index contributed by atoms with van der Waals surface area (Å²) in [5, 5.41) is 23.7. The molecule has 268 valence electrons. The minimum atomic E-state index is -1.20. The van der Waals surface area contributed by atoms with Gasteiger partial charge in [-0.15, -0.1) is 0 Å². The Hall–Kier alpha value is -5.56. The average Bonchev–Trinajstić information content (AvgIpc) is 3.18. The van der Waals surface area contributed by atoms with Crippen LogP contribution >= 0.6 is 0 Å². The first kappa shape index (κ1) is 37.7. The van der Waals surface area contributed by atoms with Crippen LogP contribution in [-0.4, -0.2) is 66.6 Å². The van der Waals surface area contributed by atoms with Crippen LogP contribution < -0.4 is 19.6 Å². The quantitative estimate of drug-likeness (QED) is 0.141. The molecule has 0 spiro atoms. The van der Waals surface area contributed by atoms with E-state index >= 15 is 0 Å². The number of rotatable bonds is 10. The minimum absolute atomic E-state index is 0.854. The van der Waals surface area contributed by atoms with E-state index in [1.807, 2.05) is 214 Å². The third-order valence-electron chi connectivity index (χ3n) is 9.59. The van der Waals surface area contributed by atoms with Gasteiger partial charge in [-0.2, -0.15) is 0 Å². The van der Waals surface area contributed by atoms with Crippen LogP contribution in [0.1, 0.15) is 33.4 Å². The van der Waals surface area contributed by atoms with Crippen LogP contribution in [0.3, 0.4) is 0 Å². The highest BCUT2D eigenvalue weighted by Gasteiger charge is 2.35. The zero-order valence-corrected chi connectivity index (χ0v) is 31.7. The largest absolute Gasteiger partial charge is 0.378 e. The van der Waals surface area contributed by atoms with Crippen molar-refractivity contribution in [3.8, 4) is 0 Å². The first-order valence-electron chi connectivity index (χ1n) is 17.5. The van der Waals surface area contributed by atoms with Crippen molar-refractivity contribution in [1.29, 1.82) is 0 Å². The summed E-state index contributed by atoms with van der Waals surface area (Å²) >= 11 is 0. The molecule has 0 unspecified atom stereocenters. The molecule has 0 aliphatic heterocycles. The van der Waals surface area contributed by atoms with E-state index in [0.29, 0.717) is 0 Å². The summed E-state index contributed by atoms with van der Waals surface area (Å²) in [5.41, 5.74) is 7.15. The summed E-state index contributed by atoms with van der Waals surface area (Å²) in [4.78, 5) is 8.21. The Kier molecular flexibility index (Phi) is 11.7. The first-order chi connectivity index (χ1) is 24.8. The van der Waals surface area contributed by atoms with Crippen LogP contribution in [0.4, 0.5) is 22.7 Å². The highest BCUT2D eigenvalue weighted by atomic mass is 16.3. The molecule has 0 aliphatic carbocycles. The fourth-order valence-electron chi connectivity index (χ4n) is 6.36. The summed E-state index contributed by atoms with van der Waals surface area (Å²) in [7, 11) is 16.1. The van der Waals surface area contributed by atoms with Gasteiger partial charge in [0.15, 0.2) is 0 Å². The van der Waals surface area contributed by atoms with E-state index in [1.165, 1.54) is 0 Å². The molecule has 6 aromatic rings. The topological polar surface area (TPSA) is 53.4 Å². The molecule has 2 N–H and O–H groups in total. The second kappa shape index (κ2) is 16.2. The van der Waals surface area contributed by atoms with Gasteiger partial charge in [0.05, 0.1) is 0 Å². The molecule has 0 saturated carbocycles. The van der Waals surface area contributed by atoms with Gasteiger partial charge >= 0.3 is 0 Å². The third kappa shape index (κ3) is 7.99. The predicted molar refractivity (Wildman–Crippen MR) is 220 cm³/mol. The van der Waals surface area contributed by atoms with Gasteiger partial charge in [0.1, 0.15) is 11.2 Å². The van der Waals surface area contributed by atoms with Crippen LogP contribution in [-0.2, 0) is 11.2 Å². The second-order valence-corrected chi connectivity index (χ2v) is 13.9. The molecule has 0 bridgehead atoms. The van der Waals surface area contributed by atoms with Gasteiger partial charge in [-0.1, -0.05) is 109 Å². The van der Waals surface area contributed by atoms with Crippen LogP contribution in [0.15, 0.2) is 158 Å². The zero-order valence-electron chi connectivity index (χ0n) is 31.7. The average molecular weight is 693 g/mol. The predicted octanol–water partition coefficient (Wildman–Crippen LogP) is 8.21. The maximum absolute atomic E-state index is 11.9. The highest BCUT2D eigenvalue weighted by Crippen LogP contribution is 2.39. The number of nitrogens with zero attached hydrogens (tertiary/aromatic N) is 4. The Morgan fingerprint density at radius 2 is 0.442 bits per heavy atom. The lowest BCUT2D eigenvalue weighted by Crippen LogP contribution is -2.29. The van der Waals surface area contributed by atoms with Crippen molar-refractivity contribution in [2.75, 3.05) is 76.0 Å². The Labute approximate surface area is 310 Å². The van der Waals surface area contributed by atoms with Gasteiger partial charge in [-0.25, -0.2) is 0 Å². The molecule has 6 nitrogen and oxygen atoms in total. The molecule has 0 aliphatic rings. The van der Waals surface area contributed by atoms with Crippen molar-refractivity contribution < 1.29 is 10.2 Å². The number of anilines is 4. The summed E-state index contributed by atoms with van der Waals surface area (Å²) < 4.78 is 0. The third-order valence-corrected chi connectivity index (χ3v) is 9.59. The first-order valence-corrected chi connectivity index (χ1v) is 17.5. The number of hydrogen-bond donors (Lipinski definition) is 2. The Morgan fingerprint density at radius 1 is 0.269 bits per heavy atom. The van der Waals surface area contributed by atoms with E-state index in [2.05, 4.69) is 19.6 Å². The van der Waals surface area contributed by atoms with Crippen LogP contribution in [0.5, 0.6) is 0 Å². The fourth-order valence-corrected chi connectivity index (χ4v) is 6.36. The van der Waals surface area contributed by atoms with Gasteiger partial charge in [0.2, 0.25) is 0 Å². The lowest BCUT2D eigenvalue weighted by Gasteiger charge is -2.31. The molecule has 0 amide bonds. The van der Waals surface area contributed by atoms with Crippen molar-refractivity contribution >= 4 is 22.7 Å². The number of aliphatic hydroxyl groups is 2. The van der Waals surface area contributed by atoms with Crippen LogP contribution in [0.25, 0.3) is 0 Å².